The van der Waals surface area contributed by atoms with Gasteiger partial charge in [-0.3, -0.25) is 9.59 Å². The molecule has 1 heterocycles. The highest BCUT2D eigenvalue weighted by Gasteiger charge is 2.24. The zero-order valence-electron chi connectivity index (χ0n) is 11.8. The third kappa shape index (κ3) is 4.31. The van der Waals surface area contributed by atoms with Gasteiger partial charge in [-0.05, 0) is 41.6 Å². The van der Waals surface area contributed by atoms with Gasteiger partial charge in [-0.15, -0.1) is 0 Å². The molecule has 21 heavy (non-hydrogen) atoms. The maximum Gasteiger partial charge on any atom is 0.254 e. The molecule has 0 saturated heterocycles. The SMILES string of the molecule is Cn1cc(Br)c(OC2CCC(NC(=O)CO)CC2)cc1=O. The lowest BCUT2D eigenvalue weighted by Gasteiger charge is -2.29. The van der Waals surface area contributed by atoms with Crippen LogP contribution in [-0.2, 0) is 11.8 Å². The van der Waals surface area contributed by atoms with E-state index < -0.39 is 6.61 Å². The van der Waals surface area contributed by atoms with Crippen LogP contribution in [0.1, 0.15) is 25.7 Å². The second kappa shape index (κ2) is 7.09. The van der Waals surface area contributed by atoms with Crippen molar-refractivity contribution in [1.29, 1.82) is 0 Å². The van der Waals surface area contributed by atoms with Crippen molar-refractivity contribution in [3.63, 3.8) is 0 Å². The molecule has 0 aromatic carbocycles. The molecule has 0 atom stereocenters. The minimum absolute atomic E-state index is 0.0377. The molecule has 0 unspecified atom stereocenters. The monoisotopic (exact) mass is 358 g/mol. The van der Waals surface area contributed by atoms with Crippen molar-refractivity contribution in [3.05, 3.63) is 27.1 Å². The van der Waals surface area contributed by atoms with E-state index in [1.54, 1.807) is 13.2 Å². The molecule has 116 valence electrons. The average Bonchev–Trinajstić information content (AvgIpc) is 2.46. The lowest BCUT2D eigenvalue weighted by atomic mass is 9.93. The third-order valence-corrected chi connectivity index (χ3v) is 4.22. The molecule has 0 aliphatic heterocycles. The second-order valence-corrected chi connectivity index (χ2v) is 6.11. The number of carbonyl (C=O) groups is 1. The molecular formula is C14H19BrN2O4. The molecule has 1 aliphatic carbocycles. The van der Waals surface area contributed by atoms with E-state index in [9.17, 15) is 9.59 Å². The quantitative estimate of drug-likeness (QED) is 0.839. The third-order valence-electron chi connectivity index (χ3n) is 3.62. The van der Waals surface area contributed by atoms with Crippen LogP contribution in [0.25, 0.3) is 0 Å². The van der Waals surface area contributed by atoms with E-state index in [4.69, 9.17) is 9.84 Å². The Labute approximate surface area is 131 Å². The first-order valence-corrected chi connectivity index (χ1v) is 7.72. The minimum Gasteiger partial charge on any atom is -0.489 e. The topological polar surface area (TPSA) is 80.6 Å². The van der Waals surface area contributed by atoms with E-state index in [2.05, 4.69) is 21.2 Å². The van der Waals surface area contributed by atoms with Crippen LogP contribution < -0.4 is 15.6 Å². The second-order valence-electron chi connectivity index (χ2n) is 5.25. The van der Waals surface area contributed by atoms with Gasteiger partial charge in [0.2, 0.25) is 5.91 Å². The zero-order chi connectivity index (χ0) is 15.4. The number of halogens is 1. The predicted molar refractivity (Wildman–Crippen MR) is 81.3 cm³/mol. The first-order chi connectivity index (χ1) is 9.99. The highest BCUT2D eigenvalue weighted by Crippen LogP contribution is 2.28. The van der Waals surface area contributed by atoms with Gasteiger partial charge >= 0.3 is 0 Å². The Balaban J connectivity index is 1.90. The number of aliphatic hydroxyl groups excluding tert-OH is 1. The number of pyridine rings is 1. The largest absolute Gasteiger partial charge is 0.489 e. The number of hydrogen-bond acceptors (Lipinski definition) is 4. The number of nitrogens with one attached hydrogen (secondary N) is 1. The summed E-state index contributed by atoms with van der Waals surface area (Å²) in [4.78, 5) is 22.8. The normalized spacial score (nSPS) is 21.9. The fourth-order valence-corrected chi connectivity index (χ4v) is 2.96. The fourth-order valence-electron chi connectivity index (χ4n) is 2.45. The van der Waals surface area contributed by atoms with Crippen molar-refractivity contribution in [2.45, 2.75) is 37.8 Å². The molecular weight excluding hydrogens is 340 g/mol. The lowest BCUT2D eigenvalue weighted by molar-refractivity contribution is -0.124. The van der Waals surface area contributed by atoms with Gasteiger partial charge in [0.1, 0.15) is 12.4 Å². The summed E-state index contributed by atoms with van der Waals surface area (Å²) in [6.45, 7) is -0.476. The van der Waals surface area contributed by atoms with Crippen LogP contribution >= 0.6 is 15.9 Å². The zero-order valence-corrected chi connectivity index (χ0v) is 13.4. The Morgan fingerprint density at radius 3 is 2.76 bits per heavy atom. The molecule has 7 heteroatoms. The minimum atomic E-state index is -0.476. The summed E-state index contributed by atoms with van der Waals surface area (Å²) >= 11 is 3.39. The van der Waals surface area contributed by atoms with Gasteiger partial charge in [0.25, 0.3) is 5.56 Å². The summed E-state index contributed by atoms with van der Waals surface area (Å²) in [6.07, 6.45) is 4.94. The summed E-state index contributed by atoms with van der Waals surface area (Å²) in [6, 6.07) is 1.57. The van der Waals surface area contributed by atoms with Crippen molar-refractivity contribution in [2.75, 3.05) is 6.61 Å². The van der Waals surface area contributed by atoms with Crippen LogP contribution in [0.4, 0.5) is 0 Å². The highest BCUT2D eigenvalue weighted by atomic mass is 79.9. The van der Waals surface area contributed by atoms with Crippen LogP contribution in [0, 0.1) is 0 Å². The van der Waals surface area contributed by atoms with Gasteiger partial charge in [-0.25, -0.2) is 0 Å². The molecule has 1 fully saturated rings. The van der Waals surface area contributed by atoms with Crippen molar-refractivity contribution < 1.29 is 14.6 Å². The number of aliphatic hydroxyl groups is 1. The van der Waals surface area contributed by atoms with Crippen LogP contribution in [0.3, 0.4) is 0 Å². The van der Waals surface area contributed by atoms with E-state index in [1.807, 2.05) is 0 Å². The number of hydrogen-bond donors (Lipinski definition) is 2. The maximum atomic E-state index is 11.6. The van der Waals surface area contributed by atoms with Gasteiger partial charge in [0, 0.05) is 25.4 Å². The van der Waals surface area contributed by atoms with Crippen molar-refractivity contribution >= 4 is 21.8 Å². The van der Waals surface area contributed by atoms with Crippen LogP contribution in [0.15, 0.2) is 21.5 Å². The Morgan fingerprint density at radius 2 is 2.14 bits per heavy atom. The van der Waals surface area contributed by atoms with Crippen molar-refractivity contribution in [3.8, 4) is 5.75 Å². The number of aryl methyl sites for hydroxylation is 1. The van der Waals surface area contributed by atoms with Crippen LogP contribution in [-0.4, -0.2) is 34.3 Å². The Hall–Kier alpha value is -1.34. The van der Waals surface area contributed by atoms with E-state index in [1.165, 1.54) is 10.6 Å². The first kappa shape index (κ1) is 16.0. The molecule has 0 radical (unpaired) electrons. The molecule has 0 spiro atoms. The smallest absolute Gasteiger partial charge is 0.254 e. The summed E-state index contributed by atoms with van der Waals surface area (Å²) in [7, 11) is 1.69. The summed E-state index contributed by atoms with van der Waals surface area (Å²) in [5, 5.41) is 11.5. The average molecular weight is 359 g/mol. The molecule has 0 bridgehead atoms. The molecule has 2 N–H and O–H groups in total. The summed E-state index contributed by atoms with van der Waals surface area (Å²) in [5.74, 6) is 0.217. The van der Waals surface area contributed by atoms with Crippen molar-refractivity contribution in [2.24, 2.45) is 7.05 Å². The number of amides is 1. The van der Waals surface area contributed by atoms with Crippen LogP contribution in [0.5, 0.6) is 5.75 Å². The first-order valence-electron chi connectivity index (χ1n) is 6.92. The van der Waals surface area contributed by atoms with E-state index >= 15 is 0 Å². The van der Waals surface area contributed by atoms with E-state index in [0.29, 0.717) is 5.75 Å². The number of rotatable bonds is 4. The highest BCUT2D eigenvalue weighted by molar-refractivity contribution is 9.10. The molecule has 2 rings (SSSR count). The Bertz CT molecular complexity index is 565. The Kier molecular flexibility index (Phi) is 5.41. The molecule has 1 amide bonds. The van der Waals surface area contributed by atoms with Gasteiger partial charge in [0.15, 0.2) is 0 Å². The van der Waals surface area contributed by atoms with Gasteiger partial charge < -0.3 is 19.7 Å². The van der Waals surface area contributed by atoms with E-state index in [-0.39, 0.29) is 23.6 Å². The van der Waals surface area contributed by atoms with Crippen LogP contribution in [0.2, 0.25) is 0 Å². The summed E-state index contributed by atoms with van der Waals surface area (Å²) < 4.78 is 8.11. The molecule has 1 aromatic heterocycles. The number of ether oxygens (including phenoxy) is 1. The maximum absolute atomic E-state index is 11.6. The van der Waals surface area contributed by atoms with Gasteiger partial charge in [0.05, 0.1) is 10.6 Å². The van der Waals surface area contributed by atoms with Crippen molar-refractivity contribution in [1.82, 2.24) is 9.88 Å². The van der Waals surface area contributed by atoms with E-state index in [0.717, 1.165) is 30.2 Å². The Morgan fingerprint density at radius 1 is 1.48 bits per heavy atom. The molecule has 1 aliphatic rings. The molecule has 1 saturated carbocycles. The summed E-state index contributed by atoms with van der Waals surface area (Å²) in [5.41, 5.74) is -0.114. The number of carbonyl (C=O) groups excluding carboxylic acids is 1. The predicted octanol–water partition coefficient (Wildman–Crippen LogP) is 0.946. The van der Waals surface area contributed by atoms with Gasteiger partial charge in [-0.1, -0.05) is 0 Å². The molecule has 1 aromatic rings. The standard InChI is InChI=1S/C14H19BrN2O4/c1-17-7-11(15)12(6-14(17)20)21-10-4-2-9(3-5-10)16-13(19)8-18/h6-7,9-10,18H,2-5,8H2,1H3,(H,16,19). The van der Waals surface area contributed by atoms with Gasteiger partial charge in [-0.2, -0.15) is 0 Å². The number of aromatic nitrogens is 1. The lowest BCUT2D eigenvalue weighted by Crippen LogP contribution is -2.40. The number of nitrogens with zero attached hydrogens (tertiary/aromatic N) is 1. The fraction of sp³-hybridized carbons (Fsp3) is 0.571. The molecule has 6 nitrogen and oxygen atoms in total.